The van der Waals surface area contributed by atoms with E-state index in [2.05, 4.69) is 46.6 Å². The Morgan fingerprint density at radius 3 is 2.94 bits per heavy atom. The minimum Gasteiger partial charge on any atom is -0.375 e. The Balaban J connectivity index is 1.94. The molecule has 0 N–H and O–H groups in total. The van der Waals surface area contributed by atoms with Gasteiger partial charge in [-0.1, -0.05) is 20.8 Å². The molecule has 2 rings (SSSR count). The Kier molecular flexibility index (Phi) is 4.23. The molecule has 2 heterocycles. The Bertz CT molecular complexity index is 375. The van der Waals surface area contributed by atoms with Gasteiger partial charge in [0, 0.05) is 13.1 Å². The van der Waals surface area contributed by atoms with Crippen LogP contribution in [0.5, 0.6) is 0 Å². The summed E-state index contributed by atoms with van der Waals surface area (Å²) in [5, 5.41) is 1.17. The van der Waals surface area contributed by atoms with E-state index in [0.717, 1.165) is 30.0 Å². The Morgan fingerprint density at radius 2 is 2.35 bits per heavy atom. The van der Waals surface area contributed by atoms with Gasteiger partial charge in [-0.15, -0.1) is 11.3 Å². The van der Waals surface area contributed by atoms with Crippen LogP contribution in [0.25, 0.3) is 0 Å². The maximum absolute atomic E-state index is 5.85. The summed E-state index contributed by atoms with van der Waals surface area (Å²) in [5.74, 6) is 0. The van der Waals surface area contributed by atoms with Gasteiger partial charge in [0.15, 0.2) is 0 Å². The predicted molar refractivity (Wildman–Crippen MR) is 74.3 cm³/mol. The van der Waals surface area contributed by atoms with Crippen LogP contribution < -0.4 is 0 Å². The van der Waals surface area contributed by atoms with Gasteiger partial charge in [0.25, 0.3) is 0 Å². The van der Waals surface area contributed by atoms with E-state index in [-0.39, 0.29) is 5.41 Å². The molecule has 1 fully saturated rings. The molecule has 0 aromatic carbocycles. The molecule has 1 atom stereocenters. The molecule has 0 aliphatic carbocycles. The third-order valence-electron chi connectivity index (χ3n) is 3.00. The highest BCUT2D eigenvalue weighted by Gasteiger charge is 2.30. The number of thiazole rings is 1. The summed E-state index contributed by atoms with van der Waals surface area (Å²) in [6, 6.07) is 0. The van der Waals surface area contributed by atoms with Gasteiger partial charge in [0.1, 0.15) is 5.01 Å². The van der Waals surface area contributed by atoms with Crippen LogP contribution in [0.15, 0.2) is 9.98 Å². The molecule has 0 spiro atoms. The van der Waals surface area contributed by atoms with Crippen LogP contribution in [0.4, 0.5) is 0 Å². The second-order valence-corrected chi connectivity index (χ2v) is 8.01. The number of rotatable bonds is 2. The monoisotopic (exact) mass is 318 g/mol. The van der Waals surface area contributed by atoms with Crippen molar-refractivity contribution in [3.05, 3.63) is 15.0 Å². The Morgan fingerprint density at radius 1 is 1.59 bits per heavy atom. The highest BCUT2D eigenvalue weighted by molar-refractivity contribution is 9.11. The van der Waals surface area contributed by atoms with Gasteiger partial charge in [-0.3, -0.25) is 4.90 Å². The summed E-state index contributed by atoms with van der Waals surface area (Å²) in [4.78, 5) is 6.82. The number of morpholine rings is 1. The van der Waals surface area contributed by atoms with Crippen molar-refractivity contribution in [2.24, 2.45) is 5.41 Å². The summed E-state index contributed by atoms with van der Waals surface area (Å²) in [6.07, 6.45) is 2.20. The van der Waals surface area contributed by atoms with Crippen molar-refractivity contribution < 1.29 is 4.74 Å². The second-order valence-electron chi connectivity index (χ2n) is 5.52. The zero-order valence-electron chi connectivity index (χ0n) is 10.6. The number of ether oxygens (including phenoxy) is 1. The van der Waals surface area contributed by atoms with Crippen LogP contribution in [0.2, 0.25) is 0 Å². The maximum Gasteiger partial charge on any atom is 0.108 e. The van der Waals surface area contributed by atoms with Crippen LogP contribution in [-0.4, -0.2) is 35.7 Å². The van der Waals surface area contributed by atoms with Gasteiger partial charge >= 0.3 is 0 Å². The highest BCUT2D eigenvalue weighted by Crippen LogP contribution is 2.27. The van der Waals surface area contributed by atoms with Crippen molar-refractivity contribution in [2.45, 2.75) is 33.4 Å². The largest absolute Gasteiger partial charge is 0.375 e. The van der Waals surface area contributed by atoms with Crippen molar-refractivity contribution in [3.63, 3.8) is 0 Å². The molecule has 1 aromatic rings. The molecular weight excluding hydrogens is 300 g/mol. The first-order chi connectivity index (χ1) is 7.95. The summed E-state index contributed by atoms with van der Waals surface area (Å²) >= 11 is 5.17. The van der Waals surface area contributed by atoms with E-state index in [1.807, 2.05) is 6.20 Å². The molecule has 3 nitrogen and oxygen atoms in total. The number of halogens is 1. The topological polar surface area (TPSA) is 25.4 Å². The lowest BCUT2D eigenvalue weighted by Crippen LogP contribution is -2.47. The Labute approximate surface area is 115 Å². The summed E-state index contributed by atoms with van der Waals surface area (Å²) in [5.41, 5.74) is 0.210. The lowest BCUT2D eigenvalue weighted by Gasteiger charge is -2.39. The molecule has 0 saturated carbocycles. The smallest absolute Gasteiger partial charge is 0.108 e. The molecular formula is C12H19BrN2OS. The number of hydrogen-bond acceptors (Lipinski definition) is 4. The van der Waals surface area contributed by atoms with Crippen molar-refractivity contribution in [2.75, 3.05) is 19.7 Å². The predicted octanol–water partition coefficient (Wildman–Crippen LogP) is 3.15. The van der Waals surface area contributed by atoms with E-state index in [0.29, 0.717) is 6.10 Å². The minimum atomic E-state index is 0.210. The fraction of sp³-hybridized carbons (Fsp3) is 0.750. The number of hydrogen-bond donors (Lipinski definition) is 0. The van der Waals surface area contributed by atoms with Crippen LogP contribution >= 0.6 is 27.3 Å². The number of nitrogens with zero attached hydrogens (tertiary/aromatic N) is 2. The molecule has 1 aliphatic rings. The average molecular weight is 319 g/mol. The third kappa shape index (κ3) is 3.74. The van der Waals surface area contributed by atoms with Crippen molar-refractivity contribution in [1.82, 2.24) is 9.88 Å². The van der Waals surface area contributed by atoms with Crippen LogP contribution in [0.1, 0.15) is 25.8 Å². The van der Waals surface area contributed by atoms with E-state index >= 15 is 0 Å². The van der Waals surface area contributed by atoms with Gasteiger partial charge in [0.05, 0.1) is 29.2 Å². The zero-order valence-corrected chi connectivity index (χ0v) is 13.0. The molecule has 96 valence electrons. The molecule has 0 radical (unpaired) electrons. The quantitative estimate of drug-likeness (QED) is 0.837. The maximum atomic E-state index is 5.85. The molecule has 1 unspecified atom stereocenters. The normalized spacial score (nSPS) is 22.9. The Hall–Kier alpha value is 0.0300. The van der Waals surface area contributed by atoms with Gasteiger partial charge in [-0.2, -0.15) is 0 Å². The van der Waals surface area contributed by atoms with Crippen LogP contribution in [0, 0.1) is 5.41 Å². The van der Waals surface area contributed by atoms with E-state index in [4.69, 9.17) is 4.74 Å². The molecule has 1 aromatic heterocycles. The molecule has 17 heavy (non-hydrogen) atoms. The van der Waals surface area contributed by atoms with Crippen LogP contribution in [0.3, 0.4) is 0 Å². The zero-order chi connectivity index (χ0) is 12.5. The van der Waals surface area contributed by atoms with E-state index in [1.165, 1.54) is 5.01 Å². The molecule has 1 saturated heterocycles. The lowest BCUT2D eigenvalue weighted by atomic mass is 9.88. The van der Waals surface area contributed by atoms with Gasteiger partial charge in [-0.25, -0.2) is 4.98 Å². The van der Waals surface area contributed by atoms with Gasteiger partial charge in [0.2, 0.25) is 0 Å². The summed E-state index contributed by atoms with van der Waals surface area (Å²) in [7, 11) is 0. The van der Waals surface area contributed by atoms with Gasteiger partial charge in [-0.05, 0) is 21.3 Å². The first-order valence-electron chi connectivity index (χ1n) is 5.89. The van der Waals surface area contributed by atoms with Crippen molar-refractivity contribution in [1.29, 1.82) is 0 Å². The summed E-state index contributed by atoms with van der Waals surface area (Å²) in [6.45, 7) is 10.5. The SMILES string of the molecule is CC(C)(C)C1CN(Cc2ncc(Br)s2)CCO1. The van der Waals surface area contributed by atoms with Crippen molar-refractivity contribution >= 4 is 27.3 Å². The highest BCUT2D eigenvalue weighted by atomic mass is 79.9. The lowest BCUT2D eigenvalue weighted by molar-refractivity contribution is -0.0816. The van der Waals surface area contributed by atoms with Gasteiger partial charge < -0.3 is 4.74 Å². The second kappa shape index (κ2) is 5.34. The van der Waals surface area contributed by atoms with E-state index < -0.39 is 0 Å². The first kappa shape index (κ1) is 13.5. The van der Waals surface area contributed by atoms with E-state index in [9.17, 15) is 0 Å². The fourth-order valence-electron chi connectivity index (χ4n) is 1.92. The molecule has 0 bridgehead atoms. The fourth-order valence-corrected chi connectivity index (χ4v) is 3.27. The average Bonchev–Trinajstić information content (AvgIpc) is 2.63. The molecule has 0 amide bonds. The first-order valence-corrected chi connectivity index (χ1v) is 7.50. The standard InChI is InChI=1S/C12H19BrN2OS/c1-12(2,3)9-7-15(4-5-16-9)8-11-14-6-10(13)17-11/h6,9H,4-5,7-8H2,1-3H3. The molecule has 5 heteroatoms. The third-order valence-corrected chi connectivity index (χ3v) is 4.46. The van der Waals surface area contributed by atoms with Crippen molar-refractivity contribution in [3.8, 4) is 0 Å². The number of aromatic nitrogens is 1. The molecule has 1 aliphatic heterocycles. The van der Waals surface area contributed by atoms with E-state index in [1.54, 1.807) is 11.3 Å². The summed E-state index contributed by atoms with van der Waals surface area (Å²) < 4.78 is 6.95. The minimum absolute atomic E-state index is 0.210. The van der Waals surface area contributed by atoms with Crippen LogP contribution in [-0.2, 0) is 11.3 Å².